The second-order valence-electron chi connectivity index (χ2n) is 5.58. The molecule has 1 aromatic heterocycles. The minimum Gasteiger partial charge on any atom is -0.324 e. The van der Waals surface area contributed by atoms with Crippen molar-refractivity contribution in [3.63, 3.8) is 0 Å². The summed E-state index contributed by atoms with van der Waals surface area (Å²) in [5.41, 5.74) is 4.64. The molecule has 3 rings (SSSR count). The number of hydrogen-bond acceptors (Lipinski definition) is 3. The number of amides is 1. The number of benzene rings is 1. The van der Waals surface area contributed by atoms with E-state index in [2.05, 4.69) is 20.7 Å². The van der Waals surface area contributed by atoms with Crippen LogP contribution in [0.5, 0.6) is 0 Å². The number of aryl methyl sites for hydroxylation is 3. The molecule has 1 atom stereocenters. The van der Waals surface area contributed by atoms with Crippen LogP contribution in [0.4, 0.5) is 5.69 Å². The van der Waals surface area contributed by atoms with Crippen molar-refractivity contribution in [1.82, 2.24) is 15.4 Å². The van der Waals surface area contributed by atoms with Crippen LogP contribution in [0.2, 0.25) is 5.02 Å². The third-order valence-electron chi connectivity index (χ3n) is 3.92. The number of aromatic nitrogens is 3. The van der Waals surface area contributed by atoms with Crippen LogP contribution >= 0.6 is 11.6 Å². The van der Waals surface area contributed by atoms with Crippen molar-refractivity contribution in [3.8, 4) is 0 Å². The van der Waals surface area contributed by atoms with Gasteiger partial charge in [-0.3, -0.25) is 4.79 Å². The first-order valence-corrected chi connectivity index (χ1v) is 7.38. The first-order valence-electron chi connectivity index (χ1n) is 7.00. The molecule has 1 unspecified atom stereocenters. The molecule has 0 radical (unpaired) electrons. The van der Waals surface area contributed by atoms with E-state index >= 15 is 0 Å². The Labute approximate surface area is 128 Å². The highest BCUT2D eigenvalue weighted by Crippen LogP contribution is 2.29. The molecule has 0 fully saturated rings. The average Bonchev–Trinajstić information content (AvgIpc) is 2.89. The number of hydrogen-bond donors (Lipinski definition) is 2. The zero-order valence-corrected chi connectivity index (χ0v) is 12.8. The largest absolute Gasteiger partial charge is 0.324 e. The summed E-state index contributed by atoms with van der Waals surface area (Å²) < 4.78 is 0. The van der Waals surface area contributed by atoms with E-state index in [1.807, 2.05) is 26.0 Å². The van der Waals surface area contributed by atoms with E-state index < -0.39 is 0 Å². The van der Waals surface area contributed by atoms with Crippen molar-refractivity contribution in [3.05, 3.63) is 39.7 Å². The van der Waals surface area contributed by atoms with Crippen LogP contribution in [0, 0.1) is 19.8 Å². The maximum absolute atomic E-state index is 12.5. The second kappa shape index (κ2) is 5.48. The molecule has 0 aliphatic heterocycles. The zero-order valence-electron chi connectivity index (χ0n) is 12.0. The number of carbonyl (C=O) groups excluding carboxylic acids is 1. The summed E-state index contributed by atoms with van der Waals surface area (Å²) >= 11 is 6.24. The maximum Gasteiger partial charge on any atom is 0.227 e. The molecule has 0 saturated carbocycles. The molecular formula is C15H17ClN4O. The molecule has 110 valence electrons. The first kappa shape index (κ1) is 14.1. The Kier molecular flexibility index (Phi) is 3.68. The Morgan fingerprint density at radius 2 is 2.10 bits per heavy atom. The van der Waals surface area contributed by atoms with Crippen LogP contribution in [0.25, 0.3) is 0 Å². The fourth-order valence-electron chi connectivity index (χ4n) is 2.81. The zero-order chi connectivity index (χ0) is 15.0. The topological polar surface area (TPSA) is 70.7 Å². The number of anilines is 1. The number of rotatable bonds is 2. The number of carbonyl (C=O) groups is 1. The molecule has 0 bridgehead atoms. The van der Waals surface area contributed by atoms with Gasteiger partial charge in [0.05, 0.1) is 22.1 Å². The van der Waals surface area contributed by atoms with Crippen molar-refractivity contribution in [2.45, 2.75) is 33.1 Å². The van der Waals surface area contributed by atoms with E-state index in [-0.39, 0.29) is 11.8 Å². The predicted octanol–water partition coefficient (Wildman–Crippen LogP) is 2.82. The lowest BCUT2D eigenvalue weighted by atomic mass is 9.89. The fraction of sp³-hybridized carbons (Fsp3) is 0.400. The Balaban J connectivity index is 1.76. The highest BCUT2D eigenvalue weighted by Gasteiger charge is 2.27. The molecule has 21 heavy (non-hydrogen) atoms. The number of aromatic amines is 1. The molecule has 1 aliphatic rings. The monoisotopic (exact) mass is 304 g/mol. The lowest BCUT2D eigenvalue weighted by molar-refractivity contribution is -0.120. The fourth-order valence-corrected chi connectivity index (χ4v) is 3.18. The van der Waals surface area contributed by atoms with Gasteiger partial charge in [-0.1, -0.05) is 17.7 Å². The van der Waals surface area contributed by atoms with Gasteiger partial charge in [0.25, 0.3) is 0 Å². The molecule has 1 heterocycles. The van der Waals surface area contributed by atoms with Crippen molar-refractivity contribution < 1.29 is 4.79 Å². The molecule has 1 aromatic carbocycles. The van der Waals surface area contributed by atoms with Gasteiger partial charge < -0.3 is 5.32 Å². The van der Waals surface area contributed by atoms with Gasteiger partial charge >= 0.3 is 0 Å². The number of fused-ring (bicyclic) bond motifs is 1. The Hall–Kier alpha value is -1.88. The van der Waals surface area contributed by atoms with Crippen molar-refractivity contribution in [2.75, 3.05) is 5.32 Å². The SMILES string of the molecule is Cc1cc(C)c(NC(=O)C2CCc3n[nH]nc3C2)c(Cl)c1. The molecule has 5 nitrogen and oxygen atoms in total. The van der Waals surface area contributed by atoms with E-state index in [1.165, 1.54) is 0 Å². The van der Waals surface area contributed by atoms with Crippen molar-refractivity contribution in [2.24, 2.45) is 5.92 Å². The minimum atomic E-state index is -0.0839. The molecule has 2 N–H and O–H groups in total. The number of H-pyrrole nitrogens is 1. The smallest absolute Gasteiger partial charge is 0.227 e. The maximum atomic E-state index is 12.5. The summed E-state index contributed by atoms with van der Waals surface area (Å²) in [6.07, 6.45) is 2.19. The molecule has 6 heteroatoms. The number of nitrogens with zero attached hydrogens (tertiary/aromatic N) is 2. The van der Waals surface area contributed by atoms with Crippen LogP contribution in [0.1, 0.15) is 28.9 Å². The highest BCUT2D eigenvalue weighted by atomic mass is 35.5. The van der Waals surface area contributed by atoms with Gasteiger partial charge in [0.2, 0.25) is 5.91 Å². The summed E-state index contributed by atoms with van der Waals surface area (Å²) in [5, 5.41) is 14.4. The molecule has 1 amide bonds. The predicted molar refractivity (Wildman–Crippen MR) is 81.5 cm³/mol. The van der Waals surface area contributed by atoms with Gasteiger partial charge in [0.1, 0.15) is 0 Å². The van der Waals surface area contributed by atoms with Gasteiger partial charge in [-0.15, -0.1) is 0 Å². The molecular weight excluding hydrogens is 288 g/mol. The van der Waals surface area contributed by atoms with Gasteiger partial charge in [0, 0.05) is 12.3 Å². The summed E-state index contributed by atoms with van der Waals surface area (Å²) in [6.45, 7) is 3.93. The van der Waals surface area contributed by atoms with Crippen LogP contribution in [0.15, 0.2) is 12.1 Å². The Bertz CT molecular complexity index is 672. The van der Waals surface area contributed by atoms with Gasteiger partial charge in [-0.2, -0.15) is 15.4 Å². The van der Waals surface area contributed by atoms with E-state index in [1.54, 1.807) is 0 Å². The van der Waals surface area contributed by atoms with Crippen LogP contribution in [0.3, 0.4) is 0 Å². The van der Waals surface area contributed by atoms with Gasteiger partial charge in [-0.05, 0) is 43.9 Å². The minimum absolute atomic E-state index is 0.00231. The Morgan fingerprint density at radius 1 is 1.33 bits per heavy atom. The van der Waals surface area contributed by atoms with Crippen LogP contribution in [-0.4, -0.2) is 21.3 Å². The third-order valence-corrected chi connectivity index (χ3v) is 4.22. The van der Waals surface area contributed by atoms with Crippen molar-refractivity contribution in [1.29, 1.82) is 0 Å². The molecule has 0 spiro atoms. The third kappa shape index (κ3) is 2.78. The lowest BCUT2D eigenvalue weighted by Gasteiger charge is -2.21. The first-order chi connectivity index (χ1) is 10.0. The quantitative estimate of drug-likeness (QED) is 0.896. The van der Waals surface area contributed by atoms with Crippen molar-refractivity contribution >= 4 is 23.2 Å². The number of halogens is 1. The normalized spacial score (nSPS) is 17.4. The average molecular weight is 305 g/mol. The van der Waals surface area contributed by atoms with Crippen LogP contribution < -0.4 is 5.32 Å². The summed E-state index contributed by atoms with van der Waals surface area (Å²) in [4.78, 5) is 12.5. The molecule has 2 aromatic rings. The standard InChI is InChI=1S/C15H17ClN4O/c1-8-5-9(2)14(11(16)6-8)17-15(21)10-3-4-12-13(7-10)19-20-18-12/h5-6,10H,3-4,7H2,1-2H3,(H,17,21)(H,18,19,20). The van der Waals surface area contributed by atoms with Gasteiger partial charge in [-0.25, -0.2) is 0 Å². The second-order valence-corrected chi connectivity index (χ2v) is 5.99. The molecule has 0 saturated heterocycles. The van der Waals surface area contributed by atoms with E-state index in [0.29, 0.717) is 17.1 Å². The Morgan fingerprint density at radius 3 is 2.86 bits per heavy atom. The summed E-state index contributed by atoms with van der Waals surface area (Å²) in [7, 11) is 0. The number of nitrogens with one attached hydrogen (secondary N) is 2. The van der Waals surface area contributed by atoms with E-state index in [9.17, 15) is 4.79 Å². The summed E-state index contributed by atoms with van der Waals surface area (Å²) in [6, 6.07) is 3.87. The van der Waals surface area contributed by atoms with Crippen LogP contribution in [-0.2, 0) is 17.6 Å². The molecule has 1 aliphatic carbocycles. The summed E-state index contributed by atoms with van der Waals surface area (Å²) in [5.74, 6) is -0.0862. The van der Waals surface area contributed by atoms with Gasteiger partial charge in [0.15, 0.2) is 0 Å². The van der Waals surface area contributed by atoms with E-state index in [0.717, 1.165) is 35.4 Å². The van der Waals surface area contributed by atoms with E-state index in [4.69, 9.17) is 11.6 Å². The highest BCUT2D eigenvalue weighted by molar-refractivity contribution is 6.34. The lowest BCUT2D eigenvalue weighted by Crippen LogP contribution is -2.28.